The van der Waals surface area contributed by atoms with Gasteiger partial charge in [-0.3, -0.25) is 0 Å². The van der Waals surface area contributed by atoms with Crippen LogP contribution in [-0.2, 0) is 0 Å². The third-order valence-electron chi connectivity index (χ3n) is 0.337. The van der Waals surface area contributed by atoms with Crippen LogP contribution in [0.3, 0.4) is 0 Å². The molecule has 0 nitrogen and oxygen atoms in total. The third-order valence-corrected chi connectivity index (χ3v) is 0.845. The molecule has 0 amide bonds. The van der Waals surface area contributed by atoms with Gasteiger partial charge in [0.05, 0.1) is 0 Å². The molecule has 13 heavy (non-hydrogen) atoms. The van der Waals surface area contributed by atoms with Gasteiger partial charge in [-0.05, 0) is 21.0 Å². The monoisotopic (exact) mass is 418 g/mol. The molecule has 0 spiro atoms. The Labute approximate surface area is 124 Å². The Bertz CT molecular complexity index is 142. The van der Waals surface area contributed by atoms with Crippen molar-refractivity contribution >= 4 is 68.8 Å². The molecule has 0 aromatic rings. The number of hydrogen-bond donors (Lipinski definition) is 0. The minimum Gasteiger partial charge on any atom is -0.0776 e. The molecule has 8 radical (unpaired) electrons. The minimum absolute atomic E-state index is 0. The van der Waals surface area contributed by atoms with Crippen LogP contribution in [0, 0.1) is 0 Å². The van der Waals surface area contributed by atoms with Crippen molar-refractivity contribution in [1.29, 1.82) is 0 Å². The third kappa shape index (κ3) is 43.3. The summed E-state index contributed by atoms with van der Waals surface area (Å²) in [4.78, 5) is 0. The molecule has 0 aromatic carbocycles. The summed E-state index contributed by atoms with van der Waals surface area (Å²) < 4.78 is 0. The molecule has 0 aromatic heterocycles. The van der Waals surface area contributed by atoms with Crippen molar-refractivity contribution in [3.8, 4) is 0 Å². The van der Waals surface area contributed by atoms with E-state index in [0.717, 1.165) is 0 Å². The smallest absolute Gasteiger partial charge is 0.00000311 e. The molecule has 0 unspecified atom stereocenters. The summed E-state index contributed by atoms with van der Waals surface area (Å²) in [5, 5.41) is 5.69. The Morgan fingerprint density at radius 3 is 0.923 bits per heavy atom. The summed E-state index contributed by atoms with van der Waals surface area (Å²) in [5.41, 5.74) is 0. The maximum Gasteiger partial charge on any atom is 0.00000311 e. The van der Waals surface area contributed by atoms with E-state index in [-0.39, 0.29) is 92.4 Å². The maximum atomic E-state index is 2.85. The molecular formula is C10H26SSn2. The van der Waals surface area contributed by atoms with E-state index in [2.05, 4.69) is 10.0 Å². The molecule has 0 saturated carbocycles. The Kier molecular flexibility index (Phi) is 257. The summed E-state index contributed by atoms with van der Waals surface area (Å²) in [6.45, 7) is 0. The van der Waals surface area contributed by atoms with Crippen LogP contribution in [0.25, 0.3) is 0 Å². The predicted molar refractivity (Wildman–Crippen MR) is 78.6 cm³/mol. The van der Waals surface area contributed by atoms with Gasteiger partial charge >= 0.3 is 0 Å². The van der Waals surface area contributed by atoms with E-state index in [4.69, 9.17) is 0 Å². The topological polar surface area (TPSA) is 0 Å². The van der Waals surface area contributed by atoms with E-state index in [1.54, 1.807) is 0 Å². The Morgan fingerprint density at radius 2 is 0.846 bits per heavy atom. The van der Waals surface area contributed by atoms with Gasteiger partial charge in [-0.25, -0.2) is 0 Å². The molecule has 80 valence electrons. The summed E-state index contributed by atoms with van der Waals surface area (Å²) in [6, 6.07) is 0. The molecular weight excluding hydrogens is 390 g/mol. The summed E-state index contributed by atoms with van der Waals surface area (Å²) in [6.07, 6.45) is 3.68. The van der Waals surface area contributed by atoms with Gasteiger partial charge in [0.15, 0.2) is 0 Å². The molecule has 1 aliphatic heterocycles. The first-order valence-electron chi connectivity index (χ1n) is 1.32. The van der Waals surface area contributed by atoms with Gasteiger partial charge < -0.3 is 0 Å². The quantitative estimate of drug-likeness (QED) is 0.418. The van der Waals surface area contributed by atoms with Crippen LogP contribution in [0.4, 0.5) is 0 Å². The van der Waals surface area contributed by atoms with Gasteiger partial charge in [-0.1, -0.05) is 44.6 Å². The second kappa shape index (κ2) is 51.5. The number of allylic oxidation sites excluding steroid dienone is 2. The van der Waals surface area contributed by atoms with Crippen LogP contribution in [0.5, 0.6) is 0 Å². The van der Waals surface area contributed by atoms with Crippen molar-refractivity contribution in [3.05, 3.63) is 12.2 Å². The van der Waals surface area contributed by atoms with Crippen LogP contribution >= 0.6 is 10.9 Å². The van der Waals surface area contributed by atoms with Crippen molar-refractivity contribution in [3.63, 3.8) is 0 Å². The van der Waals surface area contributed by atoms with Crippen molar-refractivity contribution in [2.75, 3.05) is 0 Å². The molecule has 0 bridgehead atoms. The fraction of sp³-hybridized carbons (Fsp3) is 0.600. The van der Waals surface area contributed by atoms with Gasteiger partial charge in [-0.15, -0.1) is 0 Å². The van der Waals surface area contributed by atoms with Crippen LogP contribution < -0.4 is 0 Å². The maximum absolute atomic E-state index is 2.85. The normalized spacial score (nSPS) is 4.92. The predicted octanol–water partition coefficient (Wildman–Crippen LogP) is 3.70. The molecule has 0 fully saturated rings. The molecule has 0 aliphatic carbocycles. The Hall–Kier alpha value is 1.12. The Morgan fingerprint density at radius 1 is 0.615 bits per heavy atom. The van der Waals surface area contributed by atoms with Gasteiger partial charge in [0.25, 0.3) is 0 Å². The molecule has 0 saturated heterocycles. The number of rotatable bonds is 0. The second-order valence-electron chi connectivity index (χ2n) is 0.671. The zero-order valence-corrected chi connectivity index (χ0v) is 10.1. The molecule has 1 heterocycles. The largest absolute Gasteiger partial charge is 0.0776 e. The van der Waals surface area contributed by atoms with E-state index in [1.165, 1.54) is 10.9 Å². The summed E-state index contributed by atoms with van der Waals surface area (Å²) in [5.74, 6) is 0. The Balaban J connectivity index is -0.00000000521. The molecule has 0 N–H and O–H groups in total. The molecule has 0 atom stereocenters. The van der Waals surface area contributed by atoms with Crippen LogP contribution in [0.2, 0.25) is 0 Å². The summed E-state index contributed by atoms with van der Waals surface area (Å²) in [7, 11) is 1.46. The van der Waals surface area contributed by atoms with E-state index in [1.807, 2.05) is 12.2 Å². The fourth-order valence-corrected chi connectivity index (χ4v) is 0.510. The van der Waals surface area contributed by atoms with E-state index in [0.29, 0.717) is 0 Å². The van der Waals surface area contributed by atoms with E-state index >= 15 is 0 Å². The first-order valence-corrected chi connectivity index (χ1v) is 2.14. The zero-order chi connectivity index (χ0) is 3.54. The number of hydrogen-bond acceptors (Lipinski definition) is 0. The van der Waals surface area contributed by atoms with Gasteiger partial charge in [0, 0.05) is 60.0 Å². The van der Waals surface area contributed by atoms with Crippen molar-refractivity contribution < 1.29 is 0 Å². The zero-order valence-electron chi connectivity index (χ0n) is 3.56. The first-order chi connectivity index (χ1) is 2.50. The first kappa shape index (κ1) is 64.9. The molecule has 1 rings (SSSR count). The van der Waals surface area contributed by atoms with Gasteiger partial charge in [-0.2, -0.15) is 0 Å². The second-order valence-corrected chi connectivity index (χ2v) is 1.35. The van der Waals surface area contributed by atoms with E-state index in [9.17, 15) is 0 Å². The van der Waals surface area contributed by atoms with Crippen LogP contribution in [-0.4, -0.2) is 57.9 Å². The van der Waals surface area contributed by atoms with Crippen molar-refractivity contribution in [2.24, 2.45) is 0 Å². The fourth-order valence-electron chi connectivity index (χ4n) is 0.170. The standard InChI is InChI=1S/C4H2S.6CH4.2Sn/c1-2-4-5-3-1;;;;;;;;/h1-2H;6*1H4;;. The summed E-state index contributed by atoms with van der Waals surface area (Å²) >= 11 is 0. The average molecular weight is 416 g/mol. The van der Waals surface area contributed by atoms with Gasteiger partial charge in [0.1, 0.15) is 0 Å². The van der Waals surface area contributed by atoms with Crippen molar-refractivity contribution in [1.82, 2.24) is 0 Å². The SMILES string of the molecule is C.C.C.C.C.C.C1=CC=C=S=1.[Sn].[Sn]. The van der Waals surface area contributed by atoms with Crippen LogP contribution in [0.1, 0.15) is 44.6 Å². The van der Waals surface area contributed by atoms with E-state index < -0.39 is 0 Å². The molecule has 1 aliphatic rings. The molecule has 3 heteroatoms. The average Bonchev–Trinajstić information content (AvgIpc) is 1.76. The minimum atomic E-state index is 0. The van der Waals surface area contributed by atoms with Crippen LogP contribution in [0.15, 0.2) is 12.2 Å². The van der Waals surface area contributed by atoms with Gasteiger partial charge in [0.2, 0.25) is 0 Å². The van der Waals surface area contributed by atoms with Crippen molar-refractivity contribution in [2.45, 2.75) is 44.6 Å².